The molecule has 42 heavy (non-hydrogen) atoms. The number of nitrogens with zero attached hydrogens (tertiary/aromatic N) is 1. The van der Waals surface area contributed by atoms with Gasteiger partial charge in [0.1, 0.15) is 11.5 Å². The zero-order valence-electron chi connectivity index (χ0n) is 25.9. The van der Waals surface area contributed by atoms with E-state index in [1.807, 2.05) is 0 Å². The third-order valence-corrected chi connectivity index (χ3v) is 13.4. The average Bonchev–Trinajstić information content (AvgIpc) is 2.90. The number of aliphatic hydroxyl groups is 2. The van der Waals surface area contributed by atoms with E-state index < -0.39 is 52.0 Å². The van der Waals surface area contributed by atoms with Crippen LogP contribution in [0.3, 0.4) is 0 Å². The highest BCUT2D eigenvalue weighted by atomic mass is 19.4. The highest BCUT2D eigenvalue weighted by Crippen LogP contribution is 2.75. The summed E-state index contributed by atoms with van der Waals surface area (Å²) in [4.78, 5) is 32.0. The molecule has 8 heteroatoms. The molecular weight excluding hydrogens is 543 g/mol. The van der Waals surface area contributed by atoms with Gasteiger partial charge in [-0.3, -0.25) is 9.59 Å². The molecule has 0 aromatic rings. The molecule has 5 aliphatic rings. The number of hydrogen-bond acceptors (Lipinski definition) is 4. The number of Topliss-reactive ketones (excluding diaryl/α,β-unsaturated/α-hetero) is 1. The van der Waals surface area contributed by atoms with Gasteiger partial charge in [0.15, 0.2) is 5.78 Å². The van der Waals surface area contributed by atoms with Crippen molar-refractivity contribution in [3.05, 3.63) is 34.5 Å². The Labute approximate surface area is 247 Å². The molecule has 2 N–H and O–H groups in total. The summed E-state index contributed by atoms with van der Waals surface area (Å²) in [5, 5.41) is 21.6. The van der Waals surface area contributed by atoms with Crippen LogP contribution in [0, 0.1) is 56.8 Å². The van der Waals surface area contributed by atoms with Crippen molar-refractivity contribution in [3.63, 3.8) is 0 Å². The number of allylic oxidation sites excluding steroid dienone is 3. The van der Waals surface area contributed by atoms with Crippen LogP contribution in [0.1, 0.15) is 106 Å². The quantitative estimate of drug-likeness (QED) is 0.325. The molecule has 0 radical (unpaired) electrons. The number of aliphatic hydroxyl groups excluding tert-OH is 2. The molecule has 0 heterocycles. The first kappa shape index (κ1) is 31.3. The second-order valence-corrected chi connectivity index (χ2v) is 16.0. The maximum Gasteiger partial charge on any atom is 0.389 e. The van der Waals surface area contributed by atoms with E-state index in [1.54, 1.807) is 13.0 Å². The summed E-state index contributed by atoms with van der Waals surface area (Å²) < 4.78 is 39.7. The Morgan fingerprint density at radius 3 is 2.31 bits per heavy atom. The van der Waals surface area contributed by atoms with E-state index in [-0.39, 0.29) is 53.3 Å². The highest BCUT2D eigenvalue weighted by Gasteiger charge is 2.71. The molecule has 3 fully saturated rings. The Hall–Kier alpha value is -2.14. The van der Waals surface area contributed by atoms with Gasteiger partial charge in [0, 0.05) is 23.2 Å². The van der Waals surface area contributed by atoms with Gasteiger partial charge in [-0.25, -0.2) is 4.85 Å². The van der Waals surface area contributed by atoms with Crippen molar-refractivity contribution in [3.8, 4) is 0 Å². The first-order valence-corrected chi connectivity index (χ1v) is 15.5. The maximum absolute atomic E-state index is 14.5. The lowest BCUT2D eigenvalue weighted by atomic mass is 9.33. The lowest BCUT2D eigenvalue weighted by molar-refractivity contribution is -0.182. The Morgan fingerprint density at radius 1 is 1.07 bits per heavy atom. The molecule has 5 rings (SSSR count). The lowest BCUT2D eigenvalue weighted by Crippen LogP contribution is -2.66. The largest absolute Gasteiger partial charge is 0.523 e. The fraction of sp³-hybridized carbons (Fsp3) is 0.794. The molecule has 0 aromatic heterocycles. The van der Waals surface area contributed by atoms with Gasteiger partial charge >= 0.3 is 6.18 Å². The normalized spacial score (nSPS) is 44.6. The van der Waals surface area contributed by atoms with E-state index in [1.165, 1.54) is 0 Å². The number of carbonyl (C=O) groups is 2. The predicted octanol–water partition coefficient (Wildman–Crippen LogP) is 8.15. The predicted molar refractivity (Wildman–Crippen MR) is 153 cm³/mol. The van der Waals surface area contributed by atoms with Gasteiger partial charge in [-0.1, -0.05) is 47.1 Å². The molecule has 232 valence electrons. The van der Waals surface area contributed by atoms with E-state index >= 15 is 0 Å². The van der Waals surface area contributed by atoms with Crippen LogP contribution in [0.15, 0.2) is 23.1 Å². The van der Waals surface area contributed by atoms with E-state index in [2.05, 4.69) is 39.5 Å². The number of alkyl halides is 3. The number of carbonyl (C=O) groups excluding carboxylic acids is 2. The summed E-state index contributed by atoms with van der Waals surface area (Å²) in [6.07, 6.45) is 0.322. The van der Waals surface area contributed by atoms with E-state index in [9.17, 15) is 33.0 Å². The smallest absolute Gasteiger partial charge is 0.389 e. The van der Waals surface area contributed by atoms with Gasteiger partial charge in [-0.2, -0.15) is 13.2 Å². The number of fused-ring (bicyclic) bond motifs is 7. The summed E-state index contributed by atoms with van der Waals surface area (Å²) >= 11 is 0. The van der Waals surface area contributed by atoms with Crippen molar-refractivity contribution in [1.82, 2.24) is 0 Å². The molecule has 0 amide bonds. The minimum atomic E-state index is -4.41. The molecule has 5 aliphatic carbocycles. The van der Waals surface area contributed by atoms with Crippen LogP contribution < -0.4 is 0 Å². The number of ketones is 2. The van der Waals surface area contributed by atoms with Crippen molar-refractivity contribution in [2.75, 3.05) is 6.61 Å². The SMILES string of the molecule is [C-]#[N+]C1=C(O)[C@@](C)(CO)[C@@H]2CC[C@]3(C)C(=CC(=O)[C@@H]4[C@@H]5CC(C)(C)CC[C@]5(C(=O)CCC(F)(F)F)CC[C@]43C)[C@@]2(C)C1. The minimum absolute atomic E-state index is 0.0536. The van der Waals surface area contributed by atoms with Crippen molar-refractivity contribution >= 4 is 11.6 Å². The molecule has 0 bridgehead atoms. The van der Waals surface area contributed by atoms with E-state index in [0.717, 1.165) is 18.4 Å². The molecule has 0 aromatic carbocycles. The first-order valence-electron chi connectivity index (χ1n) is 15.5. The molecule has 0 aliphatic heterocycles. The molecule has 3 saturated carbocycles. The van der Waals surface area contributed by atoms with E-state index in [0.29, 0.717) is 32.1 Å². The summed E-state index contributed by atoms with van der Waals surface area (Å²) in [5.74, 6) is -1.43. The molecule has 8 atom stereocenters. The highest BCUT2D eigenvalue weighted by molar-refractivity contribution is 5.97. The standard InChI is InChI=1S/C34H46F3NO4/c1-28(2)12-14-33(25(41)9-11-34(35,36)37)15-13-32(6)26(20(33)17-28)22(40)16-24-29(3)18-21(38-7)27(42)30(4,19-39)23(29)8-10-31(24,32)5/h16,20,23,26,39,42H,8-15,17-19H2,1-6H3/t20-,23+,26-,29-,30-,31+,32+,33-/m0/s1. The number of rotatable bonds is 4. The Kier molecular flexibility index (Phi) is 7.02. The molecule has 0 saturated heterocycles. The third-order valence-electron chi connectivity index (χ3n) is 13.4. The lowest BCUT2D eigenvalue weighted by Gasteiger charge is -2.69. The summed E-state index contributed by atoms with van der Waals surface area (Å²) in [5.41, 5.74) is -2.48. The Morgan fingerprint density at radius 2 is 1.71 bits per heavy atom. The van der Waals surface area contributed by atoms with E-state index in [4.69, 9.17) is 6.57 Å². The summed E-state index contributed by atoms with van der Waals surface area (Å²) in [6.45, 7) is 20.0. The number of hydrogen-bond donors (Lipinski definition) is 2. The fourth-order valence-electron chi connectivity index (χ4n) is 10.9. The fourth-order valence-corrected chi connectivity index (χ4v) is 10.9. The van der Waals surface area contributed by atoms with Gasteiger partial charge in [0.2, 0.25) is 5.70 Å². The Bertz CT molecular complexity index is 1310. The molecular formula is C34H46F3NO4. The molecule has 0 spiro atoms. The zero-order chi connectivity index (χ0) is 31.3. The molecule has 5 nitrogen and oxygen atoms in total. The Balaban J connectivity index is 1.63. The van der Waals surface area contributed by atoms with Gasteiger partial charge < -0.3 is 10.2 Å². The van der Waals surface area contributed by atoms with Crippen molar-refractivity contribution < 1.29 is 33.0 Å². The molecule has 0 unspecified atom stereocenters. The average molecular weight is 590 g/mol. The van der Waals surface area contributed by atoms with Crippen LogP contribution >= 0.6 is 0 Å². The van der Waals surface area contributed by atoms with Gasteiger partial charge in [-0.05, 0) is 90.9 Å². The van der Waals surface area contributed by atoms with Crippen molar-refractivity contribution in [1.29, 1.82) is 0 Å². The summed E-state index contributed by atoms with van der Waals surface area (Å²) in [7, 11) is 0. The minimum Gasteiger partial charge on any atom is -0.523 e. The van der Waals surface area contributed by atoms with Crippen molar-refractivity contribution in [2.45, 2.75) is 112 Å². The topological polar surface area (TPSA) is 79.0 Å². The van der Waals surface area contributed by atoms with Crippen LogP contribution in [0.4, 0.5) is 13.2 Å². The summed E-state index contributed by atoms with van der Waals surface area (Å²) in [6, 6.07) is 0. The van der Waals surface area contributed by atoms with Gasteiger partial charge in [0.05, 0.1) is 19.6 Å². The second-order valence-electron chi connectivity index (χ2n) is 16.0. The van der Waals surface area contributed by atoms with Crippen LogP contribution in [0.25, 0.3) is 4.85 Å². The van der Waals surface area contributed by atoms with Crippen LogP contribution in [0.5, 0.6) is 0 Å². The third kappa shape index (κ3) is 4.11. The van der Waals surface area contributed by atoms with Gasteiger partial charge in [-0.15, -0.1) is 0 Å². The van der Waals surface area contributed by atoms with Crippen molar-refractivity contribution in [2.24, 2.45) is 50.2 Å². The van der Waals surface area contributed by atoms with Gasteiger partial charge in [0.25, 0.3) is 0 Å². The van der Waals surface area contributed by atoms with Crippen LogP contribution in [-0.2, 0) is 9.59 Å². The second kappa shape index (κ2) is 9.43. The monoisotopic (exact) mass is 589 g/mol. The maximum atomic E-state index is 14.5. The van der Waals surface area contributed by atoms with Crippen LogP contribution in [0.2, 0.25) is 0 Å². The van der Waals surface area contributed by atoms with Crippen LogP contribution in [-0.4, -0.2) is 34.6 Å². The zero-order valence-corrected chi connectivity index (χ0v) is 25.9. The first-order chi connectivity index (χ1) is 19.2. The number of halogens is 3.